The highest BCUT2D eigenvalue weighted by atomic mass is 16.5. The zero-order valence-corrected chi connectivity index (χ0v) is 12.6. The van der Waals surface area contributed by atoms with Gasteiger partial charge in [0.1, 0.15) is 17.4 Å². The molecule has 1 aliphatic heterocycles. The molecule has 0 N–H and O–H groups in total. The summed E-state index contributed by atoms with van der Waals surface area (Å²) in [5, 5.41) is 0. The maximum atomic E-state index is 12.3. The molecule has 0 aliphatic carbocycles. The third kappa shape index (κ3) is 3.12. The molecule has 1 heterocycles. The molecule has 4 heteroatoms. The largest absolute Gasteiger partial charge is 0.496 e. The number of carbonyl (C=O) groups is 1. The van der Waals surface area contributed by atoms with Crippen molar-refractivity contribution < 1.29 is 14.3 Å². The Kier molecular flexibility index (Phi) is 4.65. The van der Waals surface area contributed by atoms with E-state index in [1.807, 2.05) is 12.1 Å². The van der Waals surface area contributed by atoms with Crippen LogP contribution in [0.4, 0.5) is 0 Å². The molecule has 0 saturated carbocycles. The number of nitrogens with zero attached hydrogens (tertiary/aromatic N) is 1. The highest BCUT2D eigenvalue weighted by molar-refractivity contribution is 5.92. The van der Waals surface area contributed by atoms with Crippen LogP contribution in [0.2, 0.25) is 0 Å². The summed E-state index contributed by atoms with van der Waals surface area (Å²) in [5.74, 6) is 0.608. The van der Waals surface area contributed by atoms with Gasteiger partial charge in [-0.2, -0.15) is 0 Å². The van der Waals surface area contributed by atoms with Crippen molar-refractivity contribution in [3.8, 4) is 5.75 Å². The van der Waals surface area contributed by atoms with E-state index in [0.717, 1.165) is 13.0 Å². The summed E-state index contributed by atoms with van der Waals surface area (Å²) in [7, 11) is 3.67. The van der Waals surface area contributed by atoms with Gasteiger partial charge in [0.2, 0.25) is 0 Å². The standard InChI is InChI=1S/C16H23NO3/c1-11-10-17(3)12(2)9-15(11)20-16(18)13-7-5-6-8-14(13)19-4/h5-8,11-12,15H,9-10H2,1-4H3/t11-,12-,15-/m1/s1. The molecule has 110 valence electrons. The Bertz CT molecular complexity index is 475. The predicted octanol–water partition coefficient (Wildman–Crippen LogP) is 2.58. The number of para-hydroxylation sites is 1. The molecule has 0 aromatic heterocycles. The van der Waals surface area contributed by atoms with Crippen LogP contribution in [0.5, 0.6) is 5.75 Å². The lowest BCUT2D eigenvalue weighted by molar-refractivity contribution is -0.0198. The van der Waals surface area contributed by atoms with Crippen LogP contribution in [0.1, 0.15) is 30.6 Å². The SMILES string of the molecule is COc1ccccc1C(=O)O[C@@H]1C[C@@H](C)N(C)C[C@H]1C. The Balaban J connectivity index is 2.07. The first-order valence-electron chi connectivity index (χ1n) is 7.07. The second-order valence-corrected chi connectivity index (χ2v) is 5.65. The van der Waals surface area contributed by atoms with E-state index >= 15 is 0 Å². The minimum atomic E-state index is -0.295. The lowest BCUT2D eigenvalue weighted by Crippen LogP contribution is -2.46. The van der Waals surface area contributed by atoms with Crippen LogP contribution in [0, 0.1) is 5.92 Å². The van der Waals surface area contributed by atoms with Gasteiger partial charge in [0.25, 0.3) is 0 Å². The fourth-order valence-corrected chi connectivity index (χ4v) is 2.68. The lowest BCUT2D eigenvalue weighted by Gasteiger charge is -2.39. The van der Waals surface area contributed by atoms with Crippen molar-refractivity contribution in [2.24, 2.45) is 5.92 Å². The number of ether oxygens (including phenoxy) is 2. The second-order valence-electron chi connectivity index (χ2n) is 5.65. The molecule has 20 heavy (non-hydrogen) atoms. The van der Waals surface area contributed by atoms with Crippen LogP contribution in [-0.2, 0) is 4.74 Å². The molecule has 1 fully saturated rings. The Morgan fingerprint density at radius 1 is 1.30 bits per heavy atom. The molecule has 1 aromatic rings. The van der Waals surface area contributed by atoms with Crippen LogP contribution in [0.25, 0.3) is 0 Å². The van der Waals surface area contributed by atoms with E-state index in [1.165, 1.54) is 0 Å². The zero-order chi connectivity index (χ0) is 14.7. The Hall–Kier alpha value is -1.55. The van der Waals surface area contributed by atoms with Crippen molar-refractivity contribution in [3.05, 3.63) is 29.8 Å². The lowest BCUT2D eigenvalue weighted by atomic mass is 9.92. The molecule has 0 bridgehead atoms. The number of benzene rings is 1. The number of piperidine rings is 1. The van der Waals surface area contributed by atoms with Crippen LogP contribution in [-0.4, -0.2) is 43.7 Å². The van der Waals surface area contributed by atoms with Crippen LogP contribution < -0.4 is 4.74 Å². The molecule has 0 radical (unpaired) electrons. The van der Waals surface area contributed by atoms with Crippen molar-refractivity contribution >= 4 is 5.97 Å². The van der Waals surface area contributed by atoms with Crippen molar-refractivity contribution in [2.45, 2.75) is 32.4 Å². The first-order valence-corrected chi connectivity index (χ1v) is 7.07. The van der Waals surface area contributed by atoms with E-state index in [-0.39, 0.29) is 12.1 Å². The fraction of sp³-hybridized carbons (Fsp3) is 0.562. The van der Waals surface area contributed by atoms with Crippen molar-refractivity contribution in [1.82, 2.24) is 4.90 Å². The van der Waals surface area contributed by atoms with Gasteiger partial charge in [-0.15, -0.1) is 0 Å². The third-order valence-electron chi connectivity index (χ3n) is 4.12. The highest BCUT2D eigenvalue weighted by Gasteiger charge is 2.32. The molecule has 3 atom stereocenters. The molecule has 4 nitrogen and oxygen atoms in total. The number of likely N-dealkylation sites (tertiary alicyclic amines) is 1. The average molecular weight is 277 g/mol. The van der Waals surface area contributed by atoms with Gasteiger partial charge in [0.05, 0.1) is 7.11 Å². The summed E-state index contributed by atoms with van der Waals surface area (Å²) in [6.45, 7) is 5.24. The van der Waals surface area contributed by atoms with E-state index in [2.05, 4.69) is 25.8 Å². The molecule has 0 unspecified atom stereocenters. The summed E-state index contributed by atoms with van der Waals surface area (Å²) in [5.41, 5.74) is 0.494. The number of rotatable bonds is 3. The number of esters is 1. The van der Waals surface area contributed by atoms with Gasteiger partial charge in [-0.3, -0.25) is 0 Å². The van der Waals surface area contributed by atoms with E-state index in [1.54, 1.807) is 19.2 Å². The first-order chi connectivity index (χ1) is 9.52. The van der Waals surface area contributed by atoms with Crippen LogP contribution in [0.3, 0.4) is 0 Å². The van der Waals surface area contributed by atoms with Crippen molar-refractivity contribution in [1.29, 1.82) is 0 Å². The molecule has 1 aliphatic rings. The molecule has 1 aromatic carbocycles. The number of methoxy groups -OCH3 is 1. The molecular weight excluding hydrogens is 254 g/mol. The van der Waals surface area contributed by atoms with Gasteiger partial charge in [-0.05, 0) is 32.5 Å². The monoisotopic (exact) mass is 277 g/mol. The fourth-order valence-electron chi connectivity index (χ4n) is 2.68. The van der Waals surface area contributed by atoms with Gasteiger partial charge in [0.15, 0.2) is 0 Å². The summed E-state index contributed by atoms with van der Waals surface area (Å²) < 4.78 is 10.9. The van der Waals surface area contributed by atoms with Gasteiger partial charge >= 0.3 is 5.97 Å². The summed E-state index contributed by atoms with van der Waals surface area (Å²) >= 11 is 0. The Labute approximate surface area is 120 Å². The van der Waals surface area contributed by atoms with Gasteiger partial charge in [-0.1, -0.05) is 19.1 Å². The zero-order valence-electron chi connectivity index (χ0n) is 12.6. The Morgan fingerprint density at radius 2 is 2.00 bits per heavy atom. The molecule has 2 rings (SSSR count). The average Bonchev–Trinajstić information content (AvgIpc) is 2.44. The van der Waals surface area contributed by atoms with Crippen molar-refractivity contribution in [2.75, 3.05) is 20.7 Å². The third-order valence-corrected chi connectivity index (χ3v) is 4.12. The van der Waals surface area contributed by atoms with E-state index in [4.69, 9.17) is 9.47 Å². The maximum Gasteiger partial charge on any atom is 0.342 e. The summed E-state index contributed by atoms with van der Waals surface area (Å²) in [6, 6.07) is 7.61. The molecular formula is C16H23NO3. The van der Waals surface area contributed by atoms with Gasteiger partial charge < -0.3 is 14.4 Å². The number of hydrogen-bond acceptors (Lipinski definition) is 4. The quantitative estimate of drug-likeness (QED) is 0.796. The second kappa shape index (κ2) is 6.27. The number of carbonyl (C=O) groups excluding carboxylic acids is 1. The smallest absolute Gasteiger partial charge is 0.342 e. The van der Waals surface area contributed by atoms with E-state index in [0.29, 0.717) is 23.3 Å². The predicted molar refractivity (Wildman–Crippen MR) is 78.1 cm³/mol. The number of hydrogen-bond donors (Lipinski definition) is 0. The molecule has 1 saturated heterocycles. The Morgan fingerprint density at radius 3 is 2.70 bits per heavy atom. The maximum absolute atomic E-state index is 12.3. The highest BCUT2D eigenvalue weighted by Crippen LogP contribution is 2.26. The minimum absolute atomic E-state index is 0.0291. The van der Waals surface area contributed by atoms with Crippen molar-refractivity contribution in [3.63, 3.8) is 0 Å². The van der Waals surface area contributed by atoms with E-state index < -0.39 is 0 Å². The first kappa shape index (κ1) is 14.9. The van der Waals surface area contributed by atoms with E-state index in [9.17, 15) is 4.79 Å². The molecule has 0 spiro atoms. The topological polar surface area (TPSA) is 38.8 Å². The van der Waals surface area contributed by atoms with Crippen LogP contribution >= 0.6 is 0 Å². The van der Waals surface area contributed by atoms with Crippen LogP contribution in [0.15, 0.2) is 24.3 Å². The molecule has 0 amide bonds. The van der Waals surface area contributed by atoms with Gasteiger partial charge in [-0.25, -0.2) is 4.79 Å². The minimum Gasteiger partial charge on any atom is -0.496 e. The van der Waals surface area contributed by atoms with Gasteiger partial charge in [0, 0.05) is 18.5 Å². The normalized spacial score (nSPS) is 27.1. The summed E-state index contributed by atoms with van der Waals surface area (Å²) in [6.07, 6.45) is 0.845. The summed E-state index contributed by atoms with van der Waals surface area (Å²) in [4.78, 5) is 14.6.